The Morgan fingerprint density at radius 3 is 2.46 bits per heavy atom. The van der Waals surface area contributed by atoms with Crippen LogP contribution in [0.15, 0.2) is 30.3 Å². The Morgan fingerprint density at radius 2 is 1.92 bits per heavy atom. The lowest BCUT2D eigenvalue weighted by molar-refractivity contribution is -0.137. The van der Waals surface area contributed by atoms with Crippen LogP contribution in [0.1, 0.15) is 18.1 Å². The van der Waals surface area contributed by atoms with Gasteiger partial charge in [0.25, 0.3) is 0 Å². The van der Waals surface area contributed by atoms with E-state index in [2.05, 4.69) is 0 Å². The van der Waals surface area contributed by atoms with E-state index in [-0.39, 0.29) is 0 Å². The van der Waals surface area contributed by atoms with Crippen LogP contribution in [0.3, 0.4) is 0 Å². The molecule has 0 N–H and O–H groups in total. The van der Waals surface area contributed by atoms with Gasteiger partial charge in [-0.2, -0.15) is 13.2 Å². The third-order valence-corrected chi connectivity index (χ3v) is 1.57. The van der Waals surface area contributed by atoms with Crippen LogP contribution in [0.2, 0.25) is 0 Å². The van der Waals surface area contributed by atoms with Crippen molar-refractivity contribution in [2.45, 2.75) is 13.1 Å². The van der Waals surface area contributed by atoms with Crippen molar-refractivity contribution in [1.29, 1.82) is 0 Å². The normalized spacial score (nSPS) is 12.3. The van der Waals surface area contributed by atoms with Crippen LogP contribution >= 0.6 is 0 Å². The van der Waals surface area contributed by atoms with Crippen molar-refractivity contribution in [2.75, 3.05) is 0 Å². The van der Waals surface area contributed by atoms with Crippen molar-refractivity contribution in [1.82, 2.24) is 0 Å². The molecule has 70 valence electrons. The van der Waals surface area contributed by atoms with Gasteiger partial charge in [-0.15, -0.1) is 0 Å². The molecule has 0 bridgehead atoms. The predicted octanol–water partition coefficient (Wildman–Crippen LogP) is 3.74. The van der Waals surface area contributed by atoms with Gasteiger partial charge in [-0.3, -0.25) is 0 Å². The fraction of sp³-hybridized carbons (Fsp3) is 0.200. The molecular weight excluding hydrogens is 177 g/mol. The Hall–Kier alpha value is -1.25. The number of rotatable bonds is 1. The Balaban J connectivity index is 3.05. The zero-order valence-corrected chi connectivity index (χ0v) is 7.10. The molecule has 0 aliphatic heterocycles. The van der Waals surface area contributed by atoms with Gasteiger partial charge in [0.05, 0.1) is 5.56 Å². The number of allylic oxidation sites excluding steroid dienone is 1. The topological polar surface area (TPSA) is 0 Å². The lowest BCUT2D eigenvalue weighted by Gasteiger charge is -2.06. The second kappa shape index (κ2) is 3.64. The SMILES string of the molecule is C/C=C/c1cccc(C(F)(F)F)c1. The summed E-state index contributed by atoms with van der Waals surface area (Å²) in [6.07, 6.45) is -0.914. The summed E-state index contributed by atoms with van der Waals surface area (Å²) in [6.45, 7) is 1.76. The molecule has 0 heterocycles. The van der Waals surface area contributed by atoms with Crippen molar-refractivity contribution < 1.29 is 13.2 Å². The van der Waals surface area contributed by atoms with Crippen molar-refractivity contribution in [3.8, 4) is 0 Å². The van der Waals surface area contributed by atoms with Crippen LogP contribution in [0.5, 0.6) is 0 Å². The molecule has 1 aromatic rings. The van der Waals surface area contributed by atoms with Gasteiger partial charge in [0.2, 0.25) is 0 Å². The highest BCUT2D eigenvalue weighted by atomic mass is 19.4. The van der Waals surface area contributed by atoms with E-state index in [0.717, 1.165) is 12.1 Å². The molecule has 3 heteroatoms. The van der Waals surface area contributed by atoms with Crippen LogP contribution in [-0.4, -0.2) is 0 Å². The molecule has 13 heavy (non-hydrogen) atoms. The zero-order chi connectivity index (χ0) is 9.90. The van der Waals surface area contributed by atoms with Crippen LogP contribution < -0.4 is 0 Å². The third-order valence-electron chi connectivity index (χ3n) is 1.57. The summed E-state index contributed by atoms with van der Waals surface area (Å²) in [7, 11) is 0. The van der Waals surface area contributed by atoms with Crippen LogP contribution in [-0.2, 0) is 6.18 Å². The van der Waals surface area contributed by atoms with E-state index < -0.39 is 11.7 Å². The highest BCUT2D eigenvalue weighted by Crippen LogP contribution is 2.29. The summed E-state index contributed by atoms with van der Waals surface area (Å²) in [5, 5.41) is 0. The second-order valence-corrected chi connectivity index (χ2v) is 2.62. The lowest BCUT2D eigenvalue weighted by atomic mass is 10.1. The summed E-state index contributed by atoms with van der Waals surface area (Å²) >= 11 is 0. The maximum atomic E-state index is 12.2. The molecule has 0 radical (unpaired) electrons. The minimum Gasteiger partial charge on any atom is -0.166 e. The van der Waals surface area contributed by atoms with Crippen molar-refractivity contribution >= 4 is 6.08 Å². The van der Waals surface area contributed by atoms with Gasteiger partial charge in [0.1, 0.15) is 0 Å². The molecule has 0 aliphatic rings. The van der Waals surface area contributed by atoms with E-state index in [1.54, 1.807) is 25.1 Å². The average Bonchev–Trinajstić information content (AvgIpc) is 2.04. The summed E-state index contributed by atoms with van der Waals surface area (Å²) in [5.74, 6) is 0. The van der Waals surface area contributed by atoms with E-state index in [1.165, 1.54) is 6.07 Å². The van der Waals surface area contributed by atoms with Gasteiger partial charge in [-0.25, -0.2) is 0 Å². The van der Waals surface area contributed by atoms with Gasteiger partial charge in [0.15, 0.2) is 0 Å². The Labute approximate surface area is 74.7 Å². The summed E-state index contributed by atoms with van der Waals surface area (Å²) < 4.78 is 36.6. The first kappa shape index (κ1) is 9.84. The molecule has 0 fully saturated rings. The standard InChI is InChI=1S/C10H9F3/c1-2-4-8-5-3-6-9(7-8)10(11,12)13/h2-7H,1H3/b4-2+. The summed E-state index contributed by atoms with van der Waals surface area (Å²) in [4.78, 5) is 0. The minimum absolute atomic E-state index is 0.567. The number of benzene rings is 1. The number of alkyl halides is 3. The molecule has 0 nitrogen and oxygen atoms in total. The van der Waals surface area contributed by atoms with Gasteiger partial charge in [0, 0.05) is 0 Å². The smallest absolute Gasteiger partial charge is 0.166 e. The molecule has 1 rings (SSSR count). The zero-order valence-electron chi connectivity index (χ0n) is 7.10. The highest BCUT2D eigenvalue weighted by Gasteiger charge is 2.30. The van der Waals surface area contributed by atoms with Crippen molar-refractivity contribution in [3.63, 3.8) is 0 Å². The number of hydrogen-bond acceptors (Lipinski definition) is 0. The van der Waals surface area contributed by atoms with E-state index in [4.69, 9.17) is 0 Å². The fourth-order valence-corrected chi connectivity index (χ4v) is 1.01. The Morgan fingerprint density at radius 1 is 1.23 bits per heavy atom. The molecule has 0 aliphatic carbocycles. The largest absolute Gasteiger partial charge is 0.416 e. The van der Waals surface area contributed by atoms with Crippen LogP contribution in [0, 0.1) is 0 Å². The van der Waals surface area contributed by atoms with Gasteiger partial charge in [-0.05, 0) is 24.6 Å². The van der Waals surface area contributed by atoms with Crippen molar-refractivity contribution in [3.05, 3.63) is 41.5 Å². The highest BCUT2D eigenvalue weighted by molar-refractivity contribution is 5.50. The maximum Gasteiger partial charge on any atom is 0.416 e. The van der Waals surface area contributed by atoms with Crippen LogP contribution in [0.25, 0.3) is 6.08 Å². The predicted molar refractivity (Wildman–Crippen MR) is 46.2 cm³/mol. The second-order valence-electron chi connectivity index (χ2n) is 2.62. The summed E-state index contributed by atoms with van der Waals surface area (Å²) in [6, 6.07) is 5.22. The first-order chi connectivity index (χ1) is 6.04. The minimum atomic E-state index is -4.25. The molecule has 1 aromatic carbocycles. The first-order valence-corrected chi connectivity index (χ1v) is 3.84. The number of hydrogen-bond donors (Lipinski definition) is 0. The van der Waals surface area contributed by atoms with E-state index in [1.807, 2.05) is 0 Å². The Kier molecular flexibility index (Phi) is 2.76. The molecule has 0 unspecified atom stereocenters. The number of halogens is 3. The quantitative estimate of drug-likeness (QED) is 0.626. The van der Waals surface area contributed by atoms with Gasteiger partial charge in [-0.1, -0.05) is 24.3 Å². The third kappa shape index (κ3) is 2.61. The molecule has 0 aromatic heterocycles. The molecule has 0 atom stereocenters. The molecule has 0 saturated carbocycles. The van der Waals surface area contributed by atoms with Gasteiger partial charge < -0.3 is 0 Å². The first-order valence-electron chi connectivity index (χ1n) is 3.84. The van der Waals surface area contributed by atoms with Crippen molar-refractivity contribution in [2.24, 2.45) is 0 Å². The summed E-state index contributed by atoms with van der Waals surface area (Å²) in [5.41, 5.74) is -0.0413. The average molecular weight is 186 g/mol. The Bertz CT molecular complexity index is 310. The van der Waals surface area contributed by atoms with Gasteiger partial charge >= 0.3 is 6.18 Å². The lowest BCUT2D eigenvalue weighted by Crippen LogP contribution is -2.04. The molecule has 0 spiro atoms. The van der Waals surface area contributed by atoms with E-state index in [9.17, 15) is 13.2 Å². The fourth-order valence-electron chi connectivity index (χ4n) is 1.01. The monoisotopic (exact) mass is 186 g/mol. The molecule has 0 saturated heterocycles. The molecule has 0 amide bonds. The molecular formula is C10H9F3. The van der Waals surface area contributed by atoms with Crippen LogP contribution in [0.4, 0.5) is 13.2 Å². The van der Waals surface area contributed by atoms with E-state index in [0.29, 0.717) is 5.56 Å². The maximum absolute atomic E-state index is 12.2. The van der Waals surface area contributed by atoms with E-state index >= 15 is 0 Å².